The number of halogens is 13. The van der Waals surface area contributed by atoms with Gasteiger partial charge in [-0.05, 0) is 167 Å². The second-order valence-electron chi connectivity index (χ2n) is 32.9. The first kappa shape index (κ1) is 85.4. The number of H-pyrrole nitrogens is 3. The van der Waals surface area contributed by atoms with E-state index in [-0.39, 0.29) is 63.2 Å². The van der Waals surface area contributed by atoms with Crippen LogP contribution < -0.4 is 0 Å². The Labute approximate surface area is 660 Å². The number of likely N-dealkylation sites (tertiary alicyclic amines) is 3. The number of aromatic amines is 3. The Morgan fingerprint density at radius 2 is 0.661 bits per heavy atom. The zero-order valence-electron chi connectivity index (χ0n) is 65.5. The molecule has 0 bridgehead atoms. The second-order valence-corrected chi connectivity index (χ2v) is 32.9. The van der Waals surface area contributed by atoms with Gasteiger partial charge in [0.1, 0.15) is 60.5 Å². The number of hydrogen-bond acceptors (Lipinski definition) is 12. The quantitative estimate of drug-likeness (QED) is 0.0222. The molecule has 0 saturated carbocycles. The Balaban J connectivity index is 0.000000150. The molecule has 9 N–H and O–H groups in total. The summed E-state index contributed by atoms with van der Waals surface area (Å²) < 4.78 is 196. The summed E-state index contributed by atoms with van der Waals surface area (Å²) in [7, 11) is 0. The summed E-state index contributed by atoms with van der Waals surface area (Å²) in [6.07, 6.45) is 4.29. The fourth-order valence-electron chi connectivity index (χ4n) is 18.2. The third-order valence-electron chi connectivity index (χ3n) is 24.5. The van der Waals surface area contributed by atoms with Crippen molar-refractivity contribution in [1.29, 1.82) is 0 Å². The van der Waals surface area contributed by atoms with Gasteiger partial charge in [-0.15, -0.1) is 0 Å². The molecule has 0 radical (unpaired) electrons. The van der Waals surface area contributed by atoms with Crippen LogP contribution in [-0.4, -0.2) is 209 Å². The van der Waals surface area contributed by atoms with E-state index in [4.69, 9.17) is 0 Å². The molecule has 3 saturated heterocycles. The maximum absolute atomic E-state index is 15.8. The molecule has 3 aromatic heterocycles. The number of alkyl halides is 6. The van der Waals surface area contributed by atoms with Crippen LogP contribution in [0.25, 0.3) is 32.7 Å². The first-order valence-electron chi connectivity index (χ1n) is 40.2. The molecule has 3 fully saturated rings. The van der Waals surface area contributed by atoms with E-state index < -0.39 is 158 Å². The van der Waals surface area contributed by atoms with Crippen LogP contribution in [0.5, 0.6) is 0 Å². The van der Waals surface area contributed by atoms with E-state index in [0.717, 1.165) is 127 Å². The number of benzene rings is 6. The minimum Gasteiger partial charge on any atom is -0.390 e. The van der Waals surface area contributed by atoms with Gasteiger partial charge >= 0.3 is 0 Å². The Bertz CT molecular complexity index is 4600. The third kappa shape index (κ3) is 17.7. The van der Waals surface area contributed by atoms with Gasteiger partial charge in [-0.25, -0.2) is 57.1 Å². The van der Waals surface area contributed by atoms with Gasteiger partial charge in [0.05, 0.1) is 61.6 Å². The van der Waals surface area contributed by atoms with Crippen LogP contribution in [0.3, 0.4) is 0 Å². The monoisotopic (exact) mass is 1620 g/mol. The van der Waals surface area contributed by atoms with E-state index in [9.17, 15) is 61.4 Å². The van der Waals surface area contributed by atoms with Gasteiger partial charge < -0.3 is 60.3 Å². The van der Waals surface area contributed by atoms with E-state index in [1.54, 1.807) is 26.8 Å². The Hall–Kier alpha value is -7.45. The lowest BCUT2D eigenvalue weighted by Gasteiger charge is -2.43. The molecule has 15 rings (SSSR count). The van der Waals surface area contributed by atoms with Crippen LogP contribution in [0, 0.1) is 58.5 Å². The lowest BCUT2D eigenvalue weighted by atomic mass is 9.85. The van der Waals surface area contributed by atoms with E-state index in [1.165, 1.54) is 26.8 Å². The topological polar surface area (TPSA) is 188 Å². The first-order chi connectivity index (χ1) is 54.8. The molecular formula is C87H104F13N9O6. The number of nitrogens with one attached hydrogen (secondary N) is 3. The summed E-state index contributed by atoms with van der Waals surface area (Å²) >= 11 is 0. The molecule has 6 aliphatic heterocycles. The molecular weight excluding hydrogens is 1510 g/mol. The summed E-state index contributed by atoms with van der Waals surface area (Å²) in [4.78, 5) is 20.0. The SMILES string of the molecule is CCCCN1CC([C@@H](O)c2cc(F)c([C@@H]3c4[nH]c5ccccc5c4C[C@@H](C)N3CC(F)(F)CO)c(F)c2)C1.CCCCN1CC([C@H](O)c2cc(F)c([C@@H]3c4[nH]c5c(F)cccc5c4C[C@@H](C)N3CC(F)(F)CO)c(F)c2)C1.CCCCN1CC([C@H](O)c2cc(F)c([C@@H]3c4[nH]c5ccccc5c4C[C@@H](C)N3CC(F)(F)CO)c(F)c2)C1. The molecule has 6 aliphatic rings. The molecule has 0 unspecified atom stereocenters. The Morgan fingerprint density at radius 3 is 0.957 bits per heavy atom. The number of para-hydroxylation sites is 3. The molecule has 0 spiro atoms. The van der Waals surface area contributed by atoms with Crippen molar-refractivity contribution in [1.82, 2.24) is 44.4 Å². The lowest BCUT2D eigenvalue weighted by Crippen LogP contribution is -2.50. The van der Waals surface area contributed by atoms with Crippen LogP contribution in [0.2, 0.25) is 0 Å². The van der Waals surface area contributed by atoms with Gasteiger partial charge in [-0.2, -0.15) is 0 Å². The molecule has 9 heterocycles. The molecule has 0 aliphatic carbocycles. The molecule has 9 atom stereocenters. The lowest BCUT2D eigenvalue weighted by molar-refractivity contribution is -0.0870. The average molecular weight is 1620 g/mol. The van der Waals surface area contributed by atoms with Crippen molar-refractivity contribution < 1.29 is 87.7 Å². The number of nitrogens with zero attached hydrogens (tertiary/aromatic N) is 6. The van der Waals surface area contributed by atoms with Crippen molar-refractivity contribution in [2.75, 3.05) is 98.4 Å². The van der Waals surface area contributed by atoms with Gasteiger partial charge in [0, 0.05) is 136 Å². The number of unbranched alkanes of at least 4 members (excludes halogenated alkanes) is 3. The van der Waals surface area contributed by atoms with Gasteiger partial charge in [-0.1, -0.05) is 88.6 Å². The third-order valence-corrected chi connectivity index (χ3v) is 24.5. The van der Waals surface area contributed by atoms with Gasteiger partial charge in [0.2, 0.25) is 0 Å². The predicted octanol–water partition coefficient (Wildman–Crippen LogP) is 15.7. The number of aliphatic hydroxyl groups excluding tert-OH is 6. The highest BCUT2D eigenvalue weighted by molar-refractivity contribution is 5.87. The predicted molar refractivity (Wildman–Crippen MR) is 415 cm³/mol. The number of aliphatic hydroxyl groups is 6. The summed E-state index contributed by atoms with van der Waals surface area (Å²) in [5.41, 5.74) is 4.36. The minimum atomic E-state index is -3.53. The van der Waals surface area contributed by atoms with E-state index in [0.29, 0.717) is 74.4 Å². The molecule has 9 aromatic rings. The smallest absolute Gasteiger partial charge is 0.283 e. The Morgan fingerprint density at radius 1 is 0.383 bits per heavy atom. The van der Waals surface area contributed by atoms with Crippen molar-refractivity contribution in [2.24, 2.45) is 17.8 Å². The van der Waals surface area contributed by atoms with Crippen LogP contribution in [0.1, 0.15) is 184 Å². The van der Waals surface area contributed by atoms with Crippen molar-refractivity contribution in [3.8, 4) is 0 Å². The van der Waals surface area contributed by atoms with Crippen LogP contribution in [0.4, 0.5) is 57.1 Å². The van der Waals surface area contributed by atoms with E-state index in [2.05, 4.69) is 50.4 Å². The standard InChI is InChI=1S/C29H34F5N3O2.2C29H35F4N3O2/c1-3-4-8-36-12-18(13-36)28(39)17-10-22(31)24(23(32)11-17)27-26-20(19-6-5-7-21(30)25(19)35-26)9-16(2)37(27)14-29(33,34)15-38;2*1-3-4-9-35-13-19(14-35)28(38)18-11-22(30)25(23(31)12-18)27-26-21(20-7-5-6-8-24(20)34-26)10-17(2)36(27)15-29(32,33)16-37/h5-7,10-11,16,18,27-28,35,38-39H,3-4,8-9,12-15H2,1-2H3;2*5-8,11-12,17,19,27-28,34,37-38H,3-4,9-10,13-16H2,1-2H3/t16-,27-,28-;17-,27-,28+;17-,27-,28-/m111/s1. The van der Waals surface area contributed by atoms with E-state index >= 15 is 26.3 Å². The zero-order valence-corrected chi connectivity index (χ0v) is 65.5. The number of fused-ring (bicyclic) bond motifs is 9. The normalized spacial score (nSPS) is 21.9. The van der Waals surface area contributed by atoms with Crippen LogP contribution >= 0.6 is 0 Å². The summed E-state index contributed by atoms with van der Waals surface area (Å²) in [6.45, 7) is 11.3. The van der Waals surface area contributed by atoms with E-state index in [1.807, 2.05) is 48.5 Å². The molecule has 15 nitrogen and oxygen atoms in total. The van der Waals surface area contributed by atoms with Crippen molar-refractivity contribution in [3.63, 3.8) is 0 Å². The number of hydrogen-bond donors (Lipinski definition) is 9. The summed E-state index contributed by atoms with van der Waals surface area (Å²) in [6, 6.07) is 20.9. The van der Waals surface area contributed by atoms with Crippen molar-refractivity contribution in [3.05, 3.63) is 211 Å². The van der Waals surface area contributed by atoms with Gasteiger partial charge in [0.15, 0.2) is 0 Å². The molecule has 6 aromatic carbocycles. The fraction of sp³-hybridized carbons (Fsp3) is 0.517. The highest BCUT2D eigenvalue weighted by Gasteiger charge is 2.49. The largest absolute Gasteiger partial charge is 0.390 e. The summed E-state index contributed by atoms with van der Waals surface area (Å²) in [5, 5.41) is 62.7. The molecule has 115 heavy (non-hydrogen) atoms. The zero-order chi connectivity index (χ0) is 82.4. The second kappa shape index (κ2) is 35.2. The highest BCUT2D eigenvalue weighted by Crippen LogP contribution is 2.49. The van der Waals surface area contributed by atoms with Crippen molar-refractivity contribution >= 4 is 32.7 Å². The first-order valence-corrected chi connectivity index (χ1v) is 40.2. The molecule has 0 amide bonds. The Kier molecular flexibility index (Phi) is 26.2. The van der Waals surface area contributed by atoms with Crippen LogP contribution in [0.15, 0.2) is 103 Å². The molecule has 28 heteroatoms. The maximum atomic E-state index is 15.8. The fourth-order valence-corrected chi connectivity index (χ4v) is 18.2. The molecule has 624 valence electrons. The van der Waals surface area contributed by atoms with Crippen molar-refractivity contribution in [2.45, 2.75) is 172 Å². The van der Waals surface area contributed by atoms with Crippen LogP contribution in [-0.2, 0) is 19.3 Å². The minimum absolute atomic E-state index is 0.0907. The average Bonchev–Trinajstić information content (AvgIpc) is 1.67. The van der Waals surface area contributed by atoms with Gasteiger partial charge in [0.25, 0.3) is 17.8 Å². The summed E-state index contributed by atoms with van der Waals surface area (Å²) in [5.74, 6) is -16.9. The highest BCUT2D eigenvalue weighted by atomic mass is 19.3. The van der Waals surface area contributed by atoms with Gasteiger partial charge in [-0.3, -0.25) is 14.7 Å². The number of aromatic nitrogens is 3. The maximum Gasteiger partial charge on any atom is 0.283 e. The number of rotatable bonds is 27.